The number of nitrogen functional groups attached to an aromatic ring is 1. The Hall–Kier alpha value is -4.59. The molecule has 0 aliphatic rings. The molecule has 0 aliphatic carbocycles. The van der Waals surface area contributed by atoms with Crippen LogP contribution >= 0.6 is 0 Å². The van der Waals surface area contributed by atoms with Gasteiger partial charge in [-0.15, -0.1) is 0 Å². The van der Waals surface area contributed by atoms with E-state index < -0.39 is 5.91 Å². The molecule has 0 unspecified atom stereocenters. The molecule has 0 fully saturated rings. The molecule has 0 saturated carbocycles. The lowest BCUT2D eigenvalue weighted by Crippen LogP contribution is -2.09. The zero-order chi connectivity index (χ0) is 25.4. The predicted octanol–water partition coefficient (Wildman–Crippen LogP) is 4.83. The van der Waals surface area contributed by atoms with Crippen LogP contribution in [0.2, 0.25) is 0 Å². The van der Waals surface area contributed by atoms with Gasteiger partial charge in [-0.2, -0.15) is 0 Å². The Morgan fingerprint density at radius 2 is 1.51 bits per heavy atom. The number of benzene rings is 3. The van der Waals surface area contributed by atoms with Crippen molar-refractivity contribution in [2.75, 3.05) is 39.5 Å². The van der Waals surface area contributed by atoms with Gasteiger partial charge in [0.2, 0.25) is 11.7 Å². The summed E-state index contributed by atoms with van der Waals surface area (Å²) >= 11 is 0. The number of nitrogens with two attached hydrogens (primary N) is 1. The molecular formula is C27H28N2O6. The van der Waals surface area contributed by atoms with Crippen molar-refractivity contribution in [2.24, 2.45) is 0 Å². The van der Waals surface area contributed by atoms with Crippen LogP contribution in [0.4, 0.5) is 11.4 Å². The number of rotatable bonds is 9. The molecule has 1 amide bonds. The third-order valence-electron chi connectivity index (χ3n) is 5.15. The van der Waals surface area contributed by atoms with Crippen LogP contribution in [0.3, 0.4) is 0 Å². The molecule has 8 heteroatoms. The summed E-state index contributed by atoms with van der Waals surface area (Å²) in [5.41, 5.74) is 8.77. The van der Waals surface area contributed by atoms with E-state index in [2.05, 4.69) is 5.32 Å². The van der Waals surface area contributed by atoms with E-state index in [9.17, 15) is 9.90 Å². The number of aromatic hydroxyl groups is 1. The predicted molar refractivity (Wildman–Crippen MR) is 138 cm³/mol. The lowest BCUT2D eigenvalue weighted by atomic mass is 10.1. The van der Waals surface area contributed by atoms with Gasteiger partial charge in [0, 0.05) is 11.6 Å². The minimum atomic E-state index is -0.414. The highest BCUT2D eigenvalue weighted by Gasteiger charge is 2.13. The van der Waals surface area contributed by atoms with Crippen LogP contribution in [0.1, 0.15) is 16.7 Å². The summed E-state index contributed by atoms with van der Waals surface area (Å²) < 4.78 is 21.3. The van der Waals surface area contributed by atoms with Crippen LogP contribution < -0.4 is 30.0 Å². The number of amides is 1. The molecule has 0 aliphatic heterocycles. The summed E-state index contributed by atoms with van der Waals surface area (Å²) in [7, 11) is 6.16. The first-order chi connectivity index (χ1) is 16.9. The van der Waals surface area contributed by atoms with E-state index in [1.807, 2.05) is 6.08 Å². The van der Waals surface area contributed by atoms with Crippen LogP contribution in [0.15, 0.2) is 54.6 Å². The molecule has 3 aromatic carbocycles. The Labute approximate surface area is 204 Å². The molecule has 0 bridgehead atoms. The fourth-order valence-electron chi connectivity index (χ4n) is 3.41. The van der Waals surface area contributed by atoms with Crippen molar-refractivity contribution in [1.82, 2.24) is 0 Å². The monoisotopic (exact) mass is 476 g/mol. The minimum absolute atomic E-state index is 0.0625. The number of para-hydroxylation sites is 1. The van der Waals surface area contributed by atoms with Crippen LogP contribution in [-0.2, 0) is 4.79 Å². The smallest absolute Gasteiger partial charge is 0.248 e. The first-order valence-corrected chi connectivity index (χ1v) is 10.6. The number of carbonyl (C=O) groups excluding carboxylic acids is 1. The van der Waals surface area contributed by atoms with Gasteiger partial charge in [0.15, 0.2) is 11.5 Å². The van der Waals surface area contributed by atoms with Gasteiger partial charge in [0.25, 0.3) is 0 Å². The third-order valence-corrected chi connectivity index (χ3v) is 5.15. The molecule has 3 aromatic rings. The molecule has 0 spiro atoms. The first kappa shape index (κ1) is 25.0. The van der Waals surface area contributed by atoms with Gasteiger partial charge in [0.1, 0.15) is 11.5 Å². The average molecular weight is 477 g/mol. The fourth-order valence-corrected chi connectivity index (χ4v) is 3.41. The molecule has 182 valence electrons. The number of phenolic OH excluding ortho intramolecular Hbond substituents is 1. The standard InChI is InChI=1S/C27H28N2O6/c1-32-22-12-9-17(14-20(22)28)10-13-25(31)29-26-19(6-5-7-21(26)30)11-8-18-15-23(33-2)27(35-4)24(16-18)34-3/h5-16,30H,28H2,1-4H3,(H,29,31)/b11-8+,13-10+. The second kappa shape index (κ2) is 11.5. The SMILES string of the molecule is COc1ccc(/C=C/C(=O)Nc2c(O)cccc2/C=C/c2cc(OC)c(OC)c(OC)c2)cc1N. The van der Waals surface area contributed by atoms with E-state index in [-0.39, 0.29) is 11.4 Å². The number of ether oxygens (including phenoxy) is 4. The van der Waals surface area contributed by atoms with Crippen LogP contribution in [0, 0.1) is 0 Å². The average Bonchev–Trinajstić information content (AvgIpc) is 2.87. The molecular weight excluding hydrogens is 448 g/mol. The number of nitrogens with one attached hydrogen (secondary N) is 1. The number of carbonyl (C=O) groups is 1. The molecule has 35 heavy (non-hydrogen) atoms. The van der Waals surface area contributed by atoms with Gasteiger partial charge in [-0.25, -0.2) is 0 Å². The summed E-state index contributed by atoms with van der Waals surface area (Å²) in [6.07, 6.45) is 6.56. The van der Waals surface area contributed by atoms with E-state index in [0.717, 1.165) is 11.1 Å². The second-order valence-electron chi connectivity index (χ2n) is 7.36. The van der Waals surface area contributed by atoms with Gasteiger partial charge >= 0.3 is 0 Å². The number of hydrogen-bond donors (Lipinski definition) is 3. The van der Waals surface area contributed by atoms with Crippen molar-refractivity contribution >= 4 is 35.5 Å². The molecule has 0 saturated heterocycles. The molecule has 0 atom stereocenters. The highest BCUT2D eigenvalue weighted by Crippen LogP contribution is 2.39. The van der Waals surface area contributed by atoms with Crippen molar-refractivity contribution in [1.29, 1.82) is 0 Å². The summed E-state index contributed by atoms with van der Waals surface area (Å²) in [4.78, 5) is 12.6. The fraction of sp³-hybridized carbons (Fsp3) is 0.148. The van der Waals surface area contributed by atoms with E-state index >= 15 is 0 Å². The third kappa shape index (κ3) is 6.05. The summed E-state index contributed by atoms with van der Waals surface area (Å²) in [6, 6.07) is 13.8. The maximum Gasteiger partial charge on any atom is 0.248 e. The summed E-state index contributed by atoms with van der Waals surface area (Å²) in [5.74, 6) is 1.60. The Balaban J connectivity index is 1.83. The molecule has 0 radical (unpaired) electrons. The normalized spacial score (nSPS) is 11.0. The van der Waals surface area contributed by atoms with E-state index in [4.69, 9.17) is 24.7 Å². The molecule has 0 aromatic heterocycles. The molecule has 3 rings (SSSR count). The Kier molecular flexibility index (Phi) is 8.24. The maximum atomic E-state index is 12.6. The number of phenols is 1. The van der Waals surface area contributed by atoms with Crippen LogP contribution in [-0.4, -0.2) is 39.5 Å². The van der Waals surface area contributed by atoms with Crippen molar-refractivity contribution in [2.45, 2.75) is 0 Å². The Morgan fingerprint density at radius 1 is 0.829 bits per heavy atom. The van der Waals surface area contributed by atoms with Crippen molar-refractivity contribution in [3.05, 3.63) is 71.3 Å². The molecule has 8 nitrogen and oxygen atoms in total. The summed E-state index contributed by atoms with van der Waals surface area (Å²) in [5, 5.41) is 13.1. The highest BCUT2D eigenvalue weighted by molar-refractivity contribution is 6.04. The highest BCUT2D eigenvalue weighted by atomic mass is 16.5. The molecule has 4 N–H and O–H groups in total. The van der Waals surface area contributed by atoms with E-state index in [0.29, 0.717) is 34.2 Å². The Morgan fingerprint density at radius 3 is 2.11 bits per heavy atom. The number of anilines is 2. The minimum Gasteiger partial charge on any atom is -0.506 e. The van der Waals surface area contributed by atoms with Crippen molar-refractivity contribution < 1.29 is 28.8 Å². The maximum absolute atomic E-state index is 12.6. The van der Waals surface area contributed by atoms with Crippen molar-refractivity contribution in [3.63, 3.8) is 0 Å². The lowest BCUT2D eigenvalue weighted by molar-refractivity contribution is -0.111. The number of methoxy groups -OCH3 is 4. The largest absolute Gasteiger partial charge is 0.506 e. The van der Waals surface area contributed by atoms with Gasteiger partial charge in [-0.1, -0.05) is 30.4 Å². The van der Waals surface area contributed by atoms with Crippen molar-refractivity contribution in [3.8, 4) is 28.7 Å². The lowest BCUT2D eigenvalue weighted by Gasteiger charge is -2.13. The topological polar surface area (TPSA) is 112 Å². The van der Waals surface area contributed by atoms with Crippen LogP contribution in [0.5, 0.6) is 28.7 Å². The summed E-state index contributed by atoms with van der Waals surface area (Å²) in [6.45, 7) is 0. The number of hydrogen-bond acceptors (Lipinski definition) is 7. The Bertz CT molecular complexity index is 1240. The van der Waals surface area contributed by atoms with Gasteiger partial charge in [-0.05, 0) is 47.5 Å². The first-order valence-electron chi connectivity index (χ1n) is 10.6. The quantitative estimate of drug-likeness (QED) is 0.175. The zero-order valence-corrected chi connectivity index (χ0v) is 20.0. The van der Waals surface area contributed by atoms with Crippen LogP contribution in [0.25, 0.3) is 18.2 Å². The van der Waals surface area contributed by atoms with E-state index in [1.54, 1.807) is 68.8 Å². The van der Waals surface area contributed by atoms with Gasteiger partial charge < -0.3 is 35.1 Å². The zero-order valence-electron chi connectivity index (χ0n) is 20.0. The second-order valence-corrected chi connectivity index (χ2v) is 7.36. The van der Waals surface area contributed by atoms with Gasteiger partial charge in [-0.3, -0.25) is 4.79 Å². The van der Waals surface area contributed by atoms with Gasteiger partial charge in [0.05, 0.1) is 39.8 Å². The molecule has 0 heterocycles. The van der Waals surface area contributed by atoms with E-state index in [1.165, 1.54) is 26.4 Å².